The summed E-state index contributed by atoms with van der Waals surface area (Å²) < 4.78 is 7.17. The number of hydrogen-bond acceptors (Lipinski definition) is 2. The van der Waals surface area contributed by atoms with Crippen LogP contribution in [0.15, 0.2) is 224 Å². The van der Waals surface area contributed by atoms with E-state index in [2.05, 4.69) is 229 Å². The van der Waals surface area contributed by atoms with E-state index in [1.807, 2.05) is 0 Å². The third-order valence-corrected chi connectivity index (χ3v) is 12.5. The maximum Gasteiger partial charge on any atom is 0.140 e. The Hall–Kier alpha value is -7.68. The number of fused-ring (bicyclic) bond motifs is 13. The molecule has 0 fully saturated rings. The van der Waals surface area contributed by atoms with Crippen molar-refractivity contribution in [3.8, 4) is 44.9 Å². The standard InChI is InChI=1S/C57H37NO/c1-3-15-38(16-4-1)39-27-32-44(33-28-39)58(43-19-5-2-6-20-43)54-26-14-12-21-45(54)42-31-34-51-49(37-42)48-24-11-13-25-50(48)57(51)52-35-29-40-17-7-9-22-46(40)55(52)59-56-47-23-10-8-18-41(47)30-36-53(56)57/h1-37H. The summed E-state index contributed by atoms with van der Waals surface area (Å²) in [7, 11) is 0. The van der Waals surface area contributed by atoms with E-state index in [4.69, 9.17) is 4.74 Å². The van der Waals surface area contributed by atoms with Gasteiger partial charge in [0.15, 0.2) is 0 Å². The minimum absolute atomic E-state index is 0.586. The first kappa shape index (κ1) is 33.5. The van der Waals surface area contributed by atoms with E-state index in [0.717, 1.165) is 50.5 Å². The van der Waals surface area contributed by atoms with Crippen molar-refractivity contribution in [2.24, 2.45) is 0 Å². The molecule has 0 N–H and O–H groups in total. The van der Waals surface area contributed by atoms with Crippen LogP contribution in [-0.2, 0) is 5.41 Å². The molecule has 59 heavy (non-hydrogen) atoms. The van der Waals surface area contributed by atoms with Crippen LogP contribution < -0.4 is 9.64 Å². The first-order chi connectivity index (χ1) is 29.3. The van der Waals surface area contributed by atoms with Crippen molar-refractivity contribution in [2.75, 3.05) is 4.90 Å². The smallest absolute Gasteiger partial charge is 0.140 e. The highest BCUT2D eigenvalue weighted by Gasteiger charge is 2.51. The maximum atomic E-state index is 7.17. The molecule has 0 aromatic heterocycles. The van der Waals surface area contributed by atoms with Crippen molar-refractivity contribution in [2.45, 2.75) is 5.41 Å². The van der Waals surface area contributed by atoms with E-state index in [1.165, 1.54) is 55.3 Å². The molecular formula is C57H37NO. The van der Waals surface area contributed by atoms with Crippen LogP contribution in [0.3, 0.4) is 0 Å². The van der Waals surface area contributed by atoms with Crippen LogP contribution in [0, 0.1) is 0 Å². The minimum atomic E-state index is -0.586. The van der Waals surface area contributed by atoms with E-state index in [9.17, 15) is 0 Å². The Balaban J connectivity index is 1.08. The zero-order chi connectivity index (χ0) is 38.9. The number of para-hydroxylation sites is 2. The molecule has 1 heterocycles. The Kier molecular flexibility index (Phi) is 7.48. The fraction of sp³-hybridized carbons (Fsp3) is 0.0175. The van der Waals surface area contributed by atoms with Crippen LogP contribution in [0.1, 0.15) is 22.3 Å². The van der Waals surface area contributed by atoms with Crippen molar-refractivity contribution in [3.63, 3.8) is 0 Å². The quantitative estimate of drug-likeness (QED) is 0.174. The molecule has 1 aliphatic carbocycles. The van der Waals surface area contributed by atoms with Gasteiger partial charge in [0.05, 0.1) is 11.1 Å². The number of anilines is 3. The second kappa shape index (κ2) is 13.2. The monoisotopic (exact) mass is 751 g/mol. The fourth-order valence-electron chi connectivity index (χ4n) is 9.93. The molecule has 10 aromatic rings. The first-order valence-corrected chi connectivity index (χ1v) is 20.3. The van der Waals surface area contributed by atoms with Gasteiger partial charge in [-0.15, -0.1) is 0 Å². The Morgan fingerprint density at radius 3 is 1.51 bits per heavy atom. The number of rotatable bonds is 5. The first-order valence-electron chi connectivity index (χ1n) is 20.3. The lowest BCUT2D eigenvalue weighted by Gasteiger charge is -2.40. The molecule has 1 aliphatic heterocycles. The molecule has 2 aliphatic rings. The van der Waals surface area contributed by atoms with Crippen LogP contribution in [0.5, 0.6) is 11.5 Å². The molecule has 0 amide bonds. The second-order valence-electron chi connectivity index (χ2n) is 15.6. The van der Waals surface area contributed by atoms with Gasteiger partial charge >= 0.3 is 0 Å². The third kappa shape index (κ3) is 5.00. The van der Waals surface area contributed by atoms with Gasteiger partial charge in [-0.2, -0.15) is 0 Å². The summed E-state index contributed by atoms with van der Waals surface area (Å²) in [6.45, 7) is 0. The average Bonchev–Trinajstić information content (AvgIpc) is 3.60. The largest absolute Gasteiger partial charge is 0.455 e. The molecule has 0 atom stereocenters. The van der Waals surface area contributed by atoms with E-state index in [-0.39, 0.29) is 0 Å². The average molecular weight is 752 g/mol. The molecule has 0 unspecified atom stereocenters. The van der Waals surface area contributed by atoms with Gasteiger partial charge < -0.3 is 9.64 Å². The van der Waals surface area contributed by atoms with E-state index < -0.39 is 5.41 Å². The number of benzene rings is 10. The van der Waals surface area contributed by atoms with E-state index in [0.29, 0.717) is 0 Å². The maximum absolute atomic E-state index is 7.17. The van der Waals surface area contributed by atoms with Gasteiger partial charge in [-0.25, -0.2) is 0 Å². The Morgan fingerprint density at radius 2 is 0.814 bits per heavy atom. The lowest BCUT2D eigenvalue weighted by atomic mass is 9.65. The third-order valence-electron chi connectivity index (χ3n) is 12.5. The Morgan fingerprint density at radius 1 is 0.322 bits per heavy atom. The molecule has 276 valence electrons. The summed E-state index contributed by atoms with van der Waals surface area (Å²) in [5.41, 5.74) is 14.9. The minimum Gasteiger partial charge on any atom is -0.455 e. The number of nitrogens with zero attached hydrogens (tertiary/aromatic N) is 1. The van der Waals surface area contributed by atoms with Crippen molar-refractivity contribution in [3.05, 3.63) is 247 Å². The Bertz CT molecular complexity index is 3160. The van der Waals surface area contributed by atoms with Crippen LogP contribution >= 0.6 is 0 Å². The summed E-state index contributed by atoms with van der Waals surface area (Å²) in [6, 6.07) is 81.6. The van der Waals surface area contributed by atoms with Gasteiger partial charge in [0.1, 0.15) is 11.5 Å². The fourth-order valence-corrected chi connectivity index (χ4v) is 9.93. The lowest BCUT2D eigenvalue weighted by molar-refractivity contribution is 0.447. The van der Waals surface area contributed by atoms with Crippen molar-refractivity contribution in [1.29, 1.82) is 0 Å². The highest BCUT2D eigenvalue weighted by molar-refractivity contribution is 6.01. The van der Waals surface area contributed by atoms with Crippen LogP contribution in [0.25, 0.3) is 54.9 Å². The van der Waals surface area contributed by atoms with E-state index >= 15 is 0 Å². The second-order valence-corrected chi connectivity index (χ2v) is 15.6. The summed E-state index contributed by atoms with van der Waals surface area (Å²) in [5, 5.41) is 4.58. The predicted octanol–water partition coefficient (Wildman–Crippen LogP) is 15.3. The summed E-state index contributed by atoms with van der Waals surface area (Å²) in [5.74, 6) is 1.86. The highest BCUT2D eigenvalue weighted by Crippen LogP contribution is 2.64. The molecule has 0 saturated carbocycles. The van der Waals surface area contributed by atoms with E-state index in [1.54, 1.807) is 0 Å². The summed E-state index contributed by atoms with van der Waals surface area (Å²) in [4.78, 5) is 2.38. The van der Waals surface area contributed by atoms with Gasteiger partial charge in [-0.05, 0) is 86.1 Å². The number of ether oxygens (including phenoxy) is 1. The van der Waals surface area contributed by atoms with Crippen molar-refractivity contribution < 1.29 is 4.74 Å². The van der Waals surface area contributed by atoms with Crippen LogP contribution in [0.4, 0.5) is 17.1 Å². The molecule has 0 bridgehead atoms. The lowest BCUT2D eigenvalue weighted by Crippen LogP contribution is -2.32. The molecule has 1 spiro atoms. The zero-order valence-corrected chi connectivity index (χ0v) is 32.2. The Labute approximate surface area is 343 Å². The van der Waals surface area contributed by atoms with Crippen molar-refractivity contribution >= 4 is 38.6 Å². The summed E-state index contributed by atoms with van der Waals surface area (Å²) >= 11 is 0. The summed E-state index contributed by atoms with van der Waals surface area (Å²) in [6.07, 6.45) is 0. The van der Waals surface area contributed by atoms with Crippen LogP contribution in [-0.4, -0.2) is 0 Å². The molecule has 2 heteroatoms. The zero-order valence-electron chi connectivity index (χ0n) is 32.2. The predicted molar refractivity (Wildman–Crippen MR) is 244 cm³/mol. The van der Waals surface area contributed by atoms with Gasteiger partial charge in [-0.3, -0.25) is 0 Å². The molecule has 0 saturated heterocycles. The van der Waals surface area contributed by atoms with Crippen LogP contribution in [0.2, 0.25) is 0 Å². The van der Waals surface area contributed by atoms with Gasteiger partial charge in [-0.1, -0.05) is 188 Å². The number of hydrogen-bond donors (Lipinski definition) is 0. The highest BCUT2D eigenvalue weighted by atomic mass is 16.5. The molecule has 10 aromatic carbocycles. The topological polar surface area (TPSA) is 12.5 Å². The van der Waals surface area contributed by atoms with Gasteiger partial charge in [0, 0.05) is 38.8 Å². The molecule has 0 radical (unpaired) electrons. The van der Waals surface area contributed by atoms with Crippen molar-refractivity contribution in [1.82, 2.24) is 0 Å². The molecule has 12 rings (SSSR count). The van der Waals surface area contributed by atoms with Gasteiger partial charge in [0.2, 0.25) is 0 Å². The van der Waals surface area contributed by atoms with Gasteiger partial charge in [0.25, 0.3) is 0 Å². The normalized spacial score (nSPS) is 13.0. The molecule has 2 nitrogen and oxygen atoms in total. The molecular weight excluding hydrogens is 715 g/mol. The SMILES string of the molecule is c1ccc(-c2ccc(N(c3ccccc3)c3ccccc3-c3ccc4c(c3)-c3ccccc3C43c4ccc5ccccc5c4Oc4c3ccc3ccccc43)cc2)cc1.